The molecule has 0 saturated heterocycles. The van der Waals surface area contributed by atoms with Crippen molar-refractivity contribution < 1.29 is 9.53 Å². The zero-order valence-electron chi connectivity index (χ0n) is 13.1. The van der Waals surface area contributed by atoms with Crippen LogP contribution in [-0.4, -0.2) is 29.6 Å². The van der Waals surface area contributed by atoms with Gasteiger partial charge in [0.25, 0.3) is 0 Å². The van der Waals surface area contributed by atoms with E-state index in [1.54, 1.807) is 0 Å². The van der Waals surface area contributed by atoms with Gasteiger partial charge in [-0.3, -0.25) is 9.69 Å². The molecule has 2 unspecified atom stereocenters. The second-order valence-electron chi connectivity index (χ2n) is 6.11. The van der Waals surface area contributed by atoms with Crippen LogP contribution in [0.1, 0.15) is 46.2 Å². The molecule has 0 aliphatic heterocycles. The maximum Gasteiger partial charge on any atom is 0.323 e. The topological polar surface area (TPSA) is 29.5 Å². The molecule has 4 heteroatoms. The van der Waals surface area contributed by atoms with Crippen molar-refractivity contribution in [1.29, 1.82) is 0 Å². The molecule has 20 heavy (non-hydrogen) atoms. The quantitative estimate of drug-likeness (QED) is 0.785. The number of hydrogen-bond acceptors (Lipinski definition) is 3. The van der Waals surface area contributed by atoms with Crippen molar-refractivity contribution in [2.75, 3.05) is 7.05 Å². The third-order valence-electron chi connectivity index (χ3n) is 3.30. The average molecular weight is 298 g/mol. The summed E-state index contributed by atoms with van der Waals surface area (Å²) in [7, 11) is 1.92. The molecule has 0 bridgehead atoms. The number of halogens is 1. The first-order valence-electron chi connectivity index (χ1n) is 6.82. The second kappa shape index (κ2) is 6.59. The van der Waals surface area contributed by atoms with Crippen LogP contribution in [0, 0.1) is 0 Å². The van der Waals surface area contributed by atoms with Gasteiger partial charge >= 0.3 is 5.97 Å². The normalized spacial score (nSPS) is 15.0. The number of benzene rings is 1. The maximum atomic E-state index is 12.1. The molecule has 0 aromatic heterocycles. The Kier molecular flexibility index (Phi) is 5.60. The molecular weight excluding hydrogens is 274 g/mol. The minimum Gasteiger partial charge on any atom is -0.459 e. The van der Waals surface area contributed by atoms with Crippen LogP contribution < -0.4 is 0 Å². The first kappa shape index (κ1) is 17.0. The molecule has 2 atom stereocenters. The lowest BCUT2D eigenvalue weighted by Crippen LogP contribution is -2.41. The van der Waals surface area contributed by atoms with Gasteiger partial charge in [-0.1, -0.05) is 23.7 Å². The number of ether oxygens (including phenoxy) is 1. The summed E-state index contributed by atoms with van der Waals surface area (Å²) in [5.41, 5.74) is 0.612. The summed E-state index contributed by atoms with van der Waals surface area (Å²) in [5, 5.41) is 0.702. The summed E-state index contributed by atoms with van der Waals surface area (Å²) in [6.45, 7) is 9.52. The monoisotopic (exact) mass is 297 g/mol. The summed E-state index contributed by atoms with van der Waals surface area (Å²) in [6.07, 6.45) is 0. The van der Waals surface area contributed by atoms with E-state index in [-0.39, 0.29) is 18.1 Å². The Bertz CT molecular complexity index is 468. The Morgan fingerprint density at radius 3 is 2.40 bits per heavy atom. The van der Waals surface area contributed by atoms with Gasteiger partial charge < -0.3 is 4.74 Å². The third kappa shape index (κ3) is 4.80. The van der Waals surface area contributed by atoms with Crippen LogP contribution in [0.4, 0.5) is 0 Å². The molecule has 0 amide bonds. The van der Waals surface area contributed by atoms with Crippen LogP contribution in [-0.2, 0) is 9.53 Å². The number of carbonyl (C=O) groups is 1. The molecule has 0 saturated carbocycles. The van der Waals surface area contributed by atoms with E-state index in [2.05, 4.69) is 0 Å². The van der Waals surface area contributed by atoms with E-state index in [9.17, 15) is 4.79 Å². The van der Waals surface area contributed by atoms with Gasteiger partial charge in [0.2, 0.25) is 0 Å². The van der Waals surface area contributed by atoms with Gasteiger partial charge in [-0.05, 0) is 59.4 Å². The van der Waals surface area contributed by atoms with Crippen molar-refractivity contribution in [1.82, 2.24) is 4.90 Å². The third-order valence-corrected chi connectivity index (χ3v) is 3.54. The summed E-state index contributed by atoms with van der Waals surface area (Å²) < 4.78 is 5.42. The van der Waals surface area contributed by atoms with Gasteiger partial charge in [-0.2, -0.15) is 0 Å². The highest BCUT2D eigenvalue weighted by Gasteiger charge is 2.27. The number of rotatable bonds is 4. The Morgan fingerprint density at radius 1 is 1.30 bits per heavy atom. The van der Waals surface area contributed by atoms with Gasteiger partial charge in [0.15, 0.2) is 0 Å². The zero-order chi connectivity index (χ0) is 15.5. The van der Waals surface area contributed by atoms with Crippen LogP contribution in [0.15, 0.2) is 24.3 Å². The van der Waals surface area contributed by atoms with E-state index in [4.69, 9.17) is 16.3 Å². The standard InChI is InChI=1S/C16H24ClNO2/c1-11(13-8-7-9-14(17)10-13)18(6)12(2)15(19)20-16(3,4)5/h7-12H,1-6H3. The molecule has 0 heterocycles. The lowest BCUT2D eigenvalue weighted by Gasteiger charge is -2.31. The van der Waals surface area contributed by atoms with E-state index in [0.717, 1.165) is 5.56 Å². The highest BCUT2D eigenvalue weighted by Crippen LogP contribution is 2.24. The van der Waals surface area contributed by atoms with Crippen molar-refractivity contribution in [3.05, 3.63) is 34.9 Å². The predicted octanol–water partition coefficient (Wildman–Crippen LogP) is 4.06. The first-order valence-corrected chi connectivity index (χ1v) is 7.20. The van der Waals surface area contributed by atoms with Crippen LogP contribution in [0.5, 0.6) is 0 Å². The fourth-order valence-electron chi connectivity index (χ4n) is 1.89. The minimum atomic E-state index is -0.467. The molecule has 112 valence electrons. The lowest BCUT2D eigenvalue weighted by molar-refractivity contribution is -0.161. The summed E-state index contributed by atoms with van der Waals surface area (Å²) in [4.78, 5) is 14.1. The lowest BCUT2D eigenvalue weighted by atomic mass is 10.1. The molecular formula is C16H24ClNO2. The molecule has 1 rings (SSSR count). The van der Waals surface area contributed by atoms with Crippen molar-refractivity contribution in [2.24, 2.45) is 0 Å². The Morgan fingerprint density at radius 2 is 1.90 bits per heavy atom. The molecule has 0 radical (unpaired) electrons. The van der Waals surface area contributed by atoms with Crippen LogP contribution in [0.25, 0.3) is 0 Å². The molecule has 0 N–H and O–H groups in total. The molecule has 3 nitrogen and oxygen atoms in total. The number of hydrogen-bond donors (Lipinski definition) is 0. The smallest absolute Gasteiger partial charge is 0.323 e. The fraction of sp³-hybridized carbons (Fsp3) is 0.562. The Balaban J connectivity index is 2.78. The number of nitrogens with zero attached hydrogens (tertiary/aromatic N) is 1. The zero-order valence-corrected chi connectivity index (χ0v) is 13.9. The molecule has 0 spiro atoms. The molecule has 0 aliphatic rings. The second-order valence-corrected chi connectivity index (χ2v) is 6.54. The molecule has 0 fully saturated rings. The highest BCUT2D eigenvalue weighted by molar-refractivity contribution is 6.30. The summed E-state index contributed by atoms with van der Waals surface area (Å²) in [6, 6.07) is 7.45. The van der Waals surface area contributed by atoms with Gasteiger partial charge in [0, 0.05) is 11.1 Å². The van der Waals surface area contributed by atoms with Gasteiger partial charge in [0.05, 0.1) is 0 Å². The summed E-state index contributed by atoms with van der Waals surface area (Å²) in [5.74, 6) is -0.214. The largest absolute Gasteiger partial charge is 0.459 e. The van der Waals surface area contributed by atoms with Crippen molar-refractivity contribution >= 4 is 17.6 Å². The Hall–Kier alpha value is -1.06. The molecule has 1 aromatic rings. The summed E-state index contributed by atoms with van der Waals surface area (Å²) >= 11 is 6.01. The number of likely N-dealkylation sites (N-methyl/N-ethyl adjacent to an activating group) is 1. The van der Waals surface area contributed by atoms with Crippen LogP contribution in [0.2, 0.25) is 5.02 Å². The van der Waals surface area contributed by atoms with Crippen molar-refractivity contribution in [3.63, 3.8) is 0 Å². The maximum absolute atomic E-state index is 12.1. The SMILES string of the molecule is CC(C(=O)OC(C)(C)C)N(C)C(C)c1cccc(Cl)c1. The number of esters is 1. The van der Waals surface area contributed by atoms with E-state index >= 15 is 0 Å². The Labute approximate surface area is 126 Å². The van der Waals surface area contributed by atoms with E-state index in [1.165, 1.54) is 0 Å². The van der Waals surface area contributed by atoms with Gasteiger partial charge in [0.1, 0.15) is 11.6 Å². The van der Waals surface area contributed by atoms with E-state index in [1.807, 2.05) is 70.8 Å². The predicted molar refractivity (Wildman–Crippen MR) is 82.9 cm³/mol. The van der Waals surface area contributed by atoms with Crippen LogP contribution >= 0.6 is 11.6 Å². The fourth-order valence-corrected chi connectivity index (χ4v) is 2.09. The van der Waals surface area contributed by atoms with Gasteiger partial charge in [-0.15, -0.1) is 0 Å². The van der Waals surface area contributed by atoms with Crippen molar-refractivity contribution in [3.8, 4) is 0 Å². The molecule has 0 aliphatic carbocycles. The van der Waals surface area contributed by atoms with E-state index < -0.39 is 5.60 Å². The highest BCUT2D eigenvalue weighted by atomic mass is 35.5. The van der Waals surface area contributed by atoms with Crippen molar-refractivity contribution in [2.45, 2.75) is 52.3 Å². The first-order chi connectivity index (χ1) is 9.11. The number of carbonyl (C=O) groups excluding carboxylic acids is 1. The average Bonchev–Trinajstić information content (AvgIpc) is 2.34. The van der Waals surface area contributed by atoms with E-state index in [0.29, 0.717) is 5.02 Å². The minimum absolute atomic E-state index is 0.0798. The van der Waals surface area contributed by atoms with Gasteiger partial charge in [-0.25, -0.2) is 0 Å². The van der Waals surface area contributed by atoms with Crippen LogP contribution in [0.3, 0.4) is 0 Å². The molecule has 1 aromatic carbocycles.